The summed E-state index contributed by atoms with van der Waals surface area (Å²) in [4.78, 5) is 14.1. The molecule has 0 spiro atoms. The van der Waals surface area contributed by atoms with E-state index in [4.69, 9.17) is 0 Å². The van der Waals surface area contributed by atoms with Crippen molar-refractivity contribution in [1.82, 2.24) is 4.90 Å². The SMILES string of the molecule is CN(C(=O)c1ccc(Br)cc1)C1CCCC1. The van der Waals surface area contributed by atoms with Gasteiger partial charge in [0.2, 0.25) is 0 Å². The van der Waals surface area contributed by atoms with E-state index < -0.39 is 0 Å². The quantitative estimate of drug-likeness (QED) is 0.813. The fourth-order valence-corrected chi connectivity index (χ4v) is 2.52. The highest BCUT2D eigenvalue weighted by Crippen LogP contribution is 2.23. The summed E-state index contributed by atoms with van der Waals surface area (Å²) in [6.45, 7) is 0. The number of amides is 1. The number of benzene rings is 1. The Morgan fingerprint density at radius 3 is 2.38 bits per heavy atom. The van der Waals surface area contributed by atoms with E-state index in [1.54, 1.807) is 0 Å². The average Bonchev–Trinajstić information content (AvgIpc) is 2.81. The van der Waals surface area contributed by atoms with Gasteiger partial charge in [-0.3, -0.25) is 4.79 Å². The molecule has 1 aliphatic rings. The zero-order valence-electron chi connectivity index (χ0n) is 9.45. The molecule has 0 aromatic heterocycles. The molecule has 1 aromatic rings. The summed E-state index contributed by atoms with van der Waals surface area (Å²) < 4.78 is 1.01. The van der Waals surface area contributed by atoms with Crippen LogP contribution in [0.15, 0.2) is 28.7 Å². The second-order valence-corrected chi connectivity index (χ2v) is 5.28. The summed E-state index contributed by atoms with van der Waals surface area (Å²) in [5, 5.41) is 0. The van der Waals surface area contributed by atoms with E-state index in [0.717, 1.165) is 22.9 Å². The van der Waals surface area contributed by atoms with E-state index in [2.05, 4.69) is 15.9 Å². The van der Waals surface area contributed by atoms with Crippen molar-refractivity contribution in [2.45, 2.75) is 31.7 Å². The molecule has 1 fully saturated rings. The molecule has 3 heteroatoms. The van der Waals surface area contributed by atoms with Gasteiger partial charge in [0.25, 0.3) is 5.91 Å². The van der Waals surface area contributed by atoms with Crippen molar-refractivity contribution in [2.24, 2.45) is 0 Å². The Morgan fingerprint density at radius 2 is 1.81 bits per heavy atom. The standard InChI is InChI=1S/C13H16BrNO/c1-15(12-4-2-3-5-12)13(16)10-6-8-11(14)9-7-10/h6-9,12H,2-5H2,1H3. The van der Waals surface area contributed by atoms with Crippen molar-refractivity contribution >= 4 is 21.8 Å². The molecule has 2 rings (SSSR count). The van der Waals surface area contributed by atoms with Gasteiger partial charge in [0.05, 0.1) is 0 Å². The first-order valence-electron chi connectivity index (χ1n) is 5.71. The van der Waals surface area contributed by atoms with Gasteiger partial charge in [0, 0.05) is 23.1 Å². The first-order valence-corrected chi connectivity index (χ1v) is 6.50. The molecule has 0 saturated heterocycles. The highest BCUT2D eigenvalue weighted by atomic mass is 79.9. The third kappa shape index (κ3) is 2.46. The van der Waals surface area contributed by atoms with Gasteiger partial charge in [-0.2, -0.15) is 0 Å². The summed E-state index contributed by atoms with van der Waals surface area (Å²) in [6.07, 6.45) is 4.81. The third-order valence-corrected chi connectivity index (χ3v) is 3.81. The van der Waals surface area contributed by atoms with Crippen LogP contribution < -0.4 is 0 Å². The van der Waals surface area contributed by atoms with Crippen LogP contribution in [0, 0.1) is 0 Å². The topological polar surface area (TPSA) is 20.3 Å². The van der Waals surface area contributed by atoms with Gasteiger partial charge in [-0.25, -0.2) is 0 Å². The summed E-state index contributed by atoms with van der Waals surface area (Å²) >= 11 is 3.37. The molecule has 0 N–H and O–H groups in total. The number of rotatable bonds is 2. The van der Waals surface area contributed by atoms with Crippen LogP contribution in [-0.2, 0) is 0 Å². The van der Waals surface area contributed by atoms with Crippen LogP contribution >= 0.6 is 15.9 Å². The van der Waals surface area contributed by atoms with Crippen LogP contribution in [0.5, 0.6) is 0 Å². The zero-order valence-corrected chi connectivity index (χ0v) is 11.0. The van der Waals surface area contributed by atoms with Crippen LogP contribution in [0.3, 0.4) is 0 Å². The number of halogens is 1. The maximum atomic E-state index is 12.2. The maximum Gasteiger partial charge on any atom is 0.253 e. The molecule has 0 bridgehead atoms. The van der Waals surface area contributed by atoms with E-state index >= 15 is 0 Å². The highest BCUT2D eigenvalue weighted by molar-refractivity contribution is 9.10. The number of carbonyl (C=O) groups excluding carboxylic acids is 1. The van der Waals surface area contributed by atoms with Crippen molar-refractivity contribution in [3.8, 4) is 0 Å². The minimum absolute atomic E-state index is 0.138. The lowest BCUT2D eigenvalue weighted by Crippen LogP contribution is -2.35. The smallest absolute Gasteiger partial charge is 0.253 e. The Balaban J connectivity index is 2.08. The fourth-order valence-electron chi connectivity index (χ4n) is 2.25. The zero-order chi connectivity index (χ0) is 11.5. The molecule has 0 heterocycles. The van der Waals surface area contributed by atoms with Crippen molar-refractivity contribution in [1.29, 1.82) is 0 Å². The summed E-state index contributed by atoms with van der Waals surface area (Å²) in [5.41, 5.74) is 0.776. The van der Waals surface area contributed by atoms with Crippen LogP contribution in [0.25, 0.3) is 0 Å². The molecule has 16 heavy (non-hydrogen) atoms. The van der Waals surface area contributed by atoms with Crippen LogP contribution in [0.4, 0.5) is 0 Å². The lowest BCUT2D eigenvalue weighted by Gasteiger charge is -2.24. The monoisotopic (exact) mass is 281 g/mol. The highest BCUT2D eigenvalue weighted by Gasteiger charge is 2.23. The molecule has 0 radical (unpaired) electrons. The average molecular weight is 282 g/mol. The van der Waals surface area contributed by atoms with E-state index in [-0.39, 0.29) is 5.91 Å². The molecule has 1 amide bonds. The molecule has 86 valence electrons. The normalized spacial score (nSPS) is 16.4. The number of carbonyl (C=O) groups is 1. The Morgan fingerprint density at radius 1 is 1.25 bits per heavy atom. The Hall–Kier alpha value is -0.830. The van der Waals surface area contributed by atoms with Gasteiger partial charge in [-0.1, -0.05) is 28.8 Å². The fraction of sp³-hybridized carbons (Fsp3) is 0.462. The first-order chi connectivity index (χ1) is 7.68. The van der Waals surface area contributed by atoms with E-state index in [1.165, 1.54) is 12.8 Å². The predicted octanol–water partition coefficient (Wildman–Crippen LogP) is 3.46. The Labute approximate surface area is 105 Å². The van der Waals surface area contributed by atoms with Crippen LogP contribution in [0.2, 0.25) is 0 Å². The molecule has 0 aliphatic heterocycles. The summed E-state index contributed by atoms with van der Waals surface area (Å²) in [7, 11) is 1.92. The van der Waals surface area contributed by atoms with Gasteiger partial charge >= 0.3 is 0 Å². The lowest BCUT2D eigenvalue weighted by molar-refractivity contribution is 0.0735. The summed E-state index contributed by atoms with van der Waals surface area (Å²) in [5.74, 6) is 0.138. The van der Waals surface area contributed by atoms with Gasteiger partial charge in [0.15, 0.2) is 0 Å². The van der Waals surface area contributed by atoms with Gasteiger partial charge in [0.1, 0.15) is 0 Å². The largest absolute Gasteiger partial charge is 0.339 e. The molecule has 1 aromatic carbocycles. The second-order valence-electron chi connectivity index (χ2n) is 4.36. The summed E-state index contributed by atoms with van der Waals surface area (Å²) in [6, 6.07) is 8.01. The molecule has 1 saturated carbocycles. The lowest BCUT2D eigenvalue weighted by atomic mass is 10.1. The Bertz CT molecular complexity index is 368. The number of nitrogens with zero attached hydrogens (tertiary/aromatic N) is 1. The molecular weight excluding hydrogens is 266 g/mol. The van der Waals surface area contributed by atoms with Crippen molar-refractivity contribution in [3.63, 3.8) is 0 Å². The number of hydrogen-bond donors (Lipinski definition) is 0. The minimum atomic E-state index is 0.138. The maximum absolute atomic E-state index is 12.2. The first kappa shape index (κ1) is 11.6. The second kappa shape index (κ2) is 5.00. The van der Waals surface area contributed by atoms with Crippen LogP contribution in [-0.4, -0.2) is 23.9 Å². The molecule has 1 aliphatic carbocycles. The van der Waals surface area contributed by atoms with E-state index in [9.17, 15) is 4.79 Å². The molecular formula is C13H16BrNO. The molecule has 2 nitrogen and oxygen atoms in total. The third-order valence-electron chi connectivity index (χ3n) is 3.28. The van der Waals surface area contributed by atoms with E-state index in [1.807, 2.05) is 36.2 Å². The number of hydrogen-bond acceptors (Lipinski definition) is 1. The van der Waals surface area contributed by atoms with Crippen molar-refractivity contribution in [3.05, 3.63) is 34.3 Å². The minimum Gasteiger partial charge on any atom is -0.339 e. The predicted molar refractivity (Wildman–Crippen MR) is 68.5 cm³/mol. The van der Waals surface area contributed by atoms with E-state index in [0.29, 0.717) is 6.04 Å². The van der Waals surface area contributed by atoms with Gasteiger partial charge in [-0.05, 0) is 37.1 Å². The van der Waals surface area contributed by atoms with Gasteiger partial charge < -0.3 is 4.90 Å². The van der Waals surface area contributed by atoms with Crippen LogP contribution in [0.1, 0.15) is 36.0 Å². The van der Waals surface area contributed by atoms with Crippen molar-refractivity contribution in [2.75, 3.05) is 7.05 Å². The Kier molecular flexibility index (Phi) is 3.64. The van der Waals surface area contributed by atoms with Crippen molar-refractivity contribution < 1.29 is 4.79 Å². The molecule has 0 atom stereocenters. The van der Waals surface area contributed by atoms with Gasteiger partial charge in [-0.15, -0.1) is 0 Å². The molecule has 0 unspecified atom stereocenters.